The summed E-state index contributed by atoms with van der Waals surface area (Å²) in [6, 6.07) is 5.27. The van der Waals surface area contributed by atoms with Crippen LogP contribution < -0.4 is 25.4 Å². The van der Waals surface area contributed by atoms with E-state index < -0.39 is 0 Å². The summed E-state index contributed by atoms with van der Waals surface area (Å²) >= 11 is 1.53. The van der Waals surface area contributed by atoms with Crippen molar-refractivity contribution in [2.24, 2.45) is 11.3 Å². The number of hydrogen-bond acceptors (Lipinski definition) is 6. The Morgan fingerprint density at radius 3 is 2.56 bits per heavy atom. The van der Waals surface area contributed by atoms with Gasteiger partial charge in [0, 0.05) is 10.9 Å². The van der Waals surface area contributed by atoms with Crippen molar-refractivity contribution in [3.05, 3.63) is 34.2 Å². The highest BCUT2D eigenvalue weighted by Gasteiger charge is 2.34. The zero-order chi connectivity index (χ0) is 24.9. The zero-order valence-corrected chi connectivity index (χ0v) is 21.9. The quantitative estimate of drug-likeness (QED) is 0.428. The number of carbonyl (C=O) groups excluding carboxylic acids is 2. The number of carbonyl (C=O) groups is 2. The van der Waals surface area contributed by atoms with E-state index in [2.05, 4.69) is 43.6 Å². The molecule has 0 fully saturated rings. The third kappa shape index (κ3) is 6.10. The van der Waals surface area contributed by atoms with E-state index in [1.807, 2.05) is 0 Å². The minimum absolute atomic E-state index is 0.143. The molecule has 0 radical (unpaired) electrons. The van der Waals surface area contributed by atoms with Crippen molar-refractivity contribution < 1.29 is 19.1 Å². The van der Waals surface area contributed by atoms with Gasteiger partial charge in [0.15, 0.2) is 0 Å². The monoisotopic (exact) mass is 487 g/mol. The van der Waals surface area contributed by atoms with Crippen LogP contribution in [0.3, 0.4) is 0 Å². The second-order valence-corrected chi connectivity index (χ2v) is 10.9. The summed E-state index contributed by atoms with van der Waals surface area (Å²) in [7, 11) is 3.14. The largest absolute Gasteiger partial charge is 0.497 e. The van der Waals surface area contributed by atoms with Crippen LogP contribution in [-0.2, 0) is 17.6 Å². The van der Waals surface area contributed by atoms with Crippen molar-refractivity contribution >= 4 is 33.8 Å². The first-order valence-electron chi connectivity index (χ1n) is 11.9. The SMILES string of the molecule is CCCNCC(=O)Nc1sc2c(c1C(=O)Nc1ccc(OC)cc1OC)CCC(C(C)(C)C)C2. The van der Waals surface area contributed by atoms with Gasteiger partial charge in [0.25, 0.3) is 5.91 Å². The van der Waals surface area contributed by atoms with Crippen LogP contribution in [0.25, 0.3) is 0 Å². The predicted molar refractivity (Wildman–Crippen MR) is 139 cm³/mol. The molecule has 0 saturated carbocycles. The summed E-state index contributed by atoms with van der Waals surface area (Å²) in [5.74, 6) is 1.30. The maximum absolute atomic E-state index is 13.6. The lowest BCUT2D eigenvalue weighted by Gasteiger charge is -2.33. The minimum Gasteiger partial charge on any atom is -0.497 e. The molecule has 1 unspecified atom stereocenters. The highest BCUT2D eigenvalue weighted by atomic mass is 32.1. The fourth-order valence-electron chi connectivity index (χ4n) is 4.29. The smallest absolute Gasteiger partial charge is 0.259 e. The van der Waals surface area contributed by atoms with Crippen molar-refractivity contribution in [2.45, 2.75) is 53.4 Å². The summed E-state index contributed by atoms with van der Waals surface area (Å²) < 4.78 is 10.7. The molecule has 1 aromatic heterocycles. The van der Waals surface area contributed by atoms with Crippen molar-refractivity contribution in [3.8, 4) is 11.5 Å². The molecule has 186 valence electrons. The first kappa shape index (κ1) is 26.0. The first-order chi connectivity index (χ1) is 16.2. The Morgan fingerprint density at radius 1 is 1.15 bits per heavy atom. The number of thiophene rings is 1. The number of fused-ring (bicyclic) bond motifs is 1. The lowest BCUT2D eigenvalue weighted by Crippen LogP contribution is -2.29. The Labute approximate surface area is 206 Å². The molecule has 34 heavy (non-hydrogen) atoms. The van der Waals surface area contributed by atoms with Crippen molar-refractivity contribution in [3.63, 3.8) is 0 Å². The van der Waals surface area contributed by atoms with Gasteiger partial charge in [-0.3, -0.25) is 9.59 Å². The second-order valence-electron chi connectivity index (χ2n) is 9.76. The van der Waals surface area contributed by atoms with Gasteiger partial charge in [-0.2, -0.15) is 0 Å². The van der Waals surface area contributed by atoms with Crippen LogP contribution in [0.4, 0.5) is 10.7 Å². The van der Waals surface area contributed by atoms with Gasteiger partial charge >= 0.3 is 0 Å². The highest BCUT2D eigenvalue weighted by Crippen LogP contribution is 2.44. The molecule has 8 heteroatoms. The molecular formula is C26H37N3O4S. The fraction of sp³-hybridized carbons (Fsp3) is 0.538. The molecule has 0 saturated heterocycles. The van der Waals surface area contributed by atoms with Crippen LogP contribution in [0, 0.1) is 11.3 Å². The molecule has 3 rings (SSSR count). The van der Waals surface area contributed by atoms with Gasteiger partial charge in [0.1, 0.15) is 16.5 Å². The van der Waals surface area contributed by atoms with Gasteiger partial charge in [-0.05, 0) is 61.3 Å². The molecule has 1 aliphatic rings. The molecule has 0 bridgehead atoms. The van der Waals surface area contributed by atoms with E-state index in [0.29, 0.717) is 33.7 Å². The van der Waals surface area contributed by atoms with Crippen molar-refractivity contribution in [1.82, 2.24) is 5.32 Å². The average molecular weight is 488 g/mol. The summed E-state index contributed by atoms with van der Waals surface area (Å²) in [6.07, 6.45) is 3.71. The molecule has 1 aliphatic carbocycles. The predicted octanol–water partition coefficient (Wildman–Crippen LogP) is 5.11. The lowest BCUT2D eigenvalue weighted by atomic mass is 9.72. The number of methoxy groups -OCH3 is 2. The normalized spacial score (nSPS) is 15.4. The lowest BCUT2D eigenvalue weighted by molar-refractivity contribution is -0.115. The third-order valence-corrected chi connectivity index (χ3v) is 7.51. The second kappa shape index (κ2) is 11.2. The number of amides is 2. The molecule has 0 spiro atoms. The van der Waals surface area contributed by atoms with Crippen molar-refractivity contribution in [1.29, 1.82) is 0 Å². The maximum atomic E-state index is 13.6. The molecule has 3 N–H and O–H groups in total. The van der Waals surface area contributed by atoms with Gasteiger partial charge in [-0.1, -0.05) is 27.7 Å². The number of ether oxygens (including phenoxy) is 2. The Bertz CT molecular complexity index is 1030. The van der Waals surface area contributed by atoms with E-state index in [0.717, 1.165) is 37.8 Å². The van der Waals surface area contributed by atoms with Crippen LogP contribution in [0.15, 0.2) is 18.2 Å². The Morgan fingerprint density at radius 2 is 1.91 bits per heavy atom. The van der Waals surface area contributed by atoms with E-state index in [-0.39, 0.29) is 23.8 Å². The van der Waals surface area contributed by atoms with E-state index in [4.69, 9.17) is 9.47 Å². The number of hydrogen-bond donors (Lipinski definition) is 3. The standard InChI is InChI=1S/C26H37N3O4S/c1-7-12-27-15-22(30)29-25-23(18-10-8-16(26(2,3)4)13-21(18)34-25)24(31)28-19-11-9-17(32-5)14-20(19)33-6/h9,11,14,16,27H,7-8,10,12-13,15H2,1-6H3,(H,28,31)(H,29,30). The number of rotatable bonds is 9. The highest BCUT2D eigenvalue weighted by molar-refractivity contribution is 7.17. The van der Waals surface area contributed by atoms with E-state index >= 15 is 0 Å². The molecule has 2 amide bonds. The molecule has 1 aromatic carbocycles. The van der Waals surface area contributed by atoms with E-state index in [9.17, 15) is 9.59 Å². The van der Waals surface area contributed by atoms with Crippen LogP contribution in [0.2, 0.25) is 0 Å². The van der Waals surface area contributed by atoms with E-state index in [1.165, 1.54) is 16.2 Å². The summed E-state index contributed by atoms with van der Waals surface area (Å²) in [5, 5.41) is 9.73. The van der Waals surface area contributed by atoms with Gasteiger partial charge in [-0.15, -0.1) is 11.3 Å². The Balaban J connectivity index is 1.92. The zero-order valence-electron chi connectivity index (χ0n) is 21.1. The Kier molecular flexibility index (Phi) is 8.60. The molecule has 2 aromatic rings. The van der Waals surface area contributed by atoms with Gasteiger partial charge in [0.05, 0.1) is 32.0 Å². The van der Waals surface area contributed by atoms with Gasteiger partial charge in [-0.25, -0.2) is 0 Å². The summed E-state index contributed by atoms with van der Waals surface area (Å²) in [4.78, 5) is 27.3. The minimum atomic E-state index is -0.244. The molecule has 1 heterocycles. The summed E-state index contributed by atoms with van der Waals surface area (Å²) in [6.45, 7) is 9.84. The average Bonchev–Trinajstić information content (AvgIpc) is 3.15. The number of benzene rings is 1. The molecule has 1 atom stereocenters. The Hall–Kier alpha value is -2.58. The molecule has 7 nitrogen and oxygen atoms in total. The first-order valence-corrected chi connectivity index (χ1v) is 12.7. The maximum Gasteiger partial charge on any atom is 0.259 e. The molecular weight excluding hydrogens is 450 g/mol. The molecule has 0 aliphatic heterocycles. The summed E-state index contributed by atoms with van der Waals surface area (Å²) in [5.41, 5.74) is 2.36. The number of anilines is 2. The van der Waals surface area contributed by atoms with Crippen LogP contribution >= 0.6 is 11.3 Å². The van der Waals surface area contributed by atoms with Crippen molar-refractivity contribution in [2.75, 3.05) is 37.9 Å². The fourth-order valence-corrected chi connectivity index (χ4v) is 5.63. The third-order valence-electron chi connectivity index (χ3n) is 6.34. The van der Waals surface area contributed by atoms with Crippen LogP contribution in [-0.4, -0.2) is 39.1 Å². The topological polar surface area (TPSA) is 88.7 Å². The van der Waals surface area contributed by atoms with E-state index in [1.54, 1.807) is 32.4 Å². The number of nitrogens with one attached hydrogen (secondary N) is 3. The van der Waals surface area contributed by atoms with Crippen LogP contribution in [0.1, 0.15) is 61.3 Å². The van der Waals surface area contributed by atoms with Crippen LogP contribution in [0.5, 0.6) is 11.5 Å². The van der Waals surface area contributed by atoms with Gasteiger partial charge < -0.3 is 25.4 Å². The van der Waals surface area contributed by atoms with Gasteiger partial charge in [0.2, 0.25) is 5.91 Å².